The third-order valence-electron chi connectivity index (χ3n) is 6.13. The number of carbonyl (C=O) groups is 1. The number of nitrogens with zero attached hydrogens (tertiary/aromatic N) is 2. The van der Waals surface area contributed by atoms with E-state index in [4.69, 9.17) is 0 Å². The maximum Gasteiger partial charge on any atom is 0.213 e. The van der Waals surface area contributed by atoms with E-state index in [1.165, 1.54) is 22.7 Å². The van der Waals surface area contributed by atoms with Gasteiger partial charge in [0, 0.05) is 22.7 Å². The average molecular weight is 529 g/mol. The van der Waals surface area contributed by atoms with Gasteiger partial charge in [-0.05, 0) is 72.8 Å². The number of carbonyl (C=O) groups excluding carboxylic acids is 1. The van der Waals surface area contributed by atoms with Gasteiger partial charge < -0.3 is 9.80 Å². The van der Waals surface area contributed by atoms with E-state index in [0.29, 0.717) is 0 Å². The van der Waals surface area contributed by atoms with Crippen LogP contribution in [0.5, 0.6) is 0 Å². The Morgan fingerprint density at radius 2 is 0.684 bits per heavy atom. The third-order valence-corrected chi connectivity index (χ3v) is 8.27. The molecule has 0 saturated heterocycles. The average Bonchev–Trinajstić information content (AvgIpc) is 3.66. The molecule has 0 atom stereocenters. The van der Waals surface area contributed by atoms with Crippen molar-refractivity contribution in [2.45, 2.75) is 0 Å². The van der Waals surface area contributed by atoms with E-state index in [2.05, 4.69) is 58.3 Å². The molecule has 0 fully saturated rings. The Morgan fingerprint density at radius 3 is 0.974 bits per heavy atom. The van der Waals surface area contributed by atoms with Crippen LogP contribution in [0.4, 0.5) is 32.8 Å². The number of hydrogen-bond donors (Lipinski definition) is 0. The Morgan fingerprint density at radius 1 is 0.395 bits per heavy atom. The lowest BCUT2D eigenvalue weighted by Gasteiger charge is -2.23. The van der Waals surface area contributed by atoms with Gasteiger partial charge in [0.15, 0.2) is 0 Å². The molecule has 0 aliphatic carbocycles. The summed E-state index contributed by atoms with van der Waals surface area (Å²) in [6, 6.07) is 48.9. The van der Waals surface area contributed by atoms with E-state index in [1.54, 1.807) is 0 Å². The fourth-order valence-electron chi connectivity index (χ4n) is 4.38. The molecule has 6 rings (SSSR count). The molecule has 0 unspecified atom stereocenters. The van der Waals surface area contributed by atoms with Crippen molar-refractivity contribution in [1.29, 1.82) is 0 Å². The lowest BCUT2D eigenvalue weighted by molar-refractivity contribution is 0.104. The number of benzene rings is 4. The Hall–Kier alpha value is -4.45. The molecule has 0 N–H and O–H groups in total. The third kappa shape index (κ3) is 4.90. The van der Waals surface area contributed by atoms with E-state index in [1.807, 2.05) is 97.1 Å². The summed E-state index contributed by atoms with van der Waals surface area (Å²) in [6.45, 7) is 0. The minimum atomic E-state index is 0.0413. The molecular weight excluding hydrogens is 505 g/mol. The van der Waals surface area contributed by atoms with Crippen molar-refractivity contribution in [2.24, 2.45) is 0 Å². The molecule has 0 aliphatic heterocycles. The molecule has 0 bridgehead atoms. The summed E-state index contributed by atoms with van der Waals surface area (Å²) in [5.41, 5.74) is 4.22. The maximum absolute atomic E-state index is 13.6. The summed E-state index contributed by atoms with van der Waals surface area (Å²) in [5, 5.41) is 2.00. The van der Waals surface area contributed by atoms with E-state index in [0.717, 1.165) is 42.5 Å². The summed E-state index contributed by atoms with van der Waals surface area (Å²) in [5.74, 6) is 0.0413. The van der Waals surface area contributed by atoms with E-state index >= 15 is 0 Å². The first-order valence-electron chi connectivity index (χ1n) is 12.3. The van der Waals surface area contributed by atoms with Crippen LogP contribution < -0.4 is 9.80 Å². The second kappa shape index (κ2) is 10.9. The quantitative estimate of drug-likeness (QED) is 0.184. The van der Waals surface area contributed by atoms with Crippen LogP contribution in [0.1, 0.15) is 14.5 Å². The molecule has 0 amide bonds. The number of ketones is 1. The molecule has 184 valence electrons. The Balaban J connectivity index is 1.33. The molecular formula is C33H24N2OS2. The zero-order chi connectivity index (χ0) is 25.7. The van der Waals surface area contributed by atoms with Crippen LogP contribution in [-0.4, -0.2) is 5.78 Å². The number of anilines is 6. The first kappa shape index (κ1) is 23.9. The van der Waals surface area contributed by atoms with Gasteiger partial charge >= 0.3 is 0 Å². The fourth-order valence-corrected chi connectivity index (χ4v) is 6.45. The summed E-state index contributed by atoms with van der Waals surface area (Å²) in [4.78, 5) is 19.5. The maximum atomic E-state index is 13.6. The highest BCUT2D eigenvalue weighted by molar-refractivity contribution is 7.21. The molecule has 0 spiro atoms. The predicted molar refractivity (Wildman–Crippen MR) is 161 cm³/mol. The first-order chi connectivity index (χ1) is 18.8. The largest absolute Gasteiger partial charge is 0.302 e. The Bertz CT molecular complexity index is 1430. The van der Waals surface area contributed by atoms with Crippen LogP contribution in [0.25, 0.3) is 0 Å². The minimum Gasteiger partial charge on any atom is -0.302 e. The van der Waals surface area contributed by atoms with Crippen LogP contribution in [0.15, 0.2) is 146 Å². The van der Waals surface area contributed by atoms with Crippen LogP contribution in [0.3, 0.4) is 0 Å². The number of rotatable bonds is 8. The van der Waals surface area contributed by atoms with Gasteiger partial charge in [0.1, 0.15) is 10.0 Å². The monoisotopic (exact) mass is 528 g/mol. The molecule has 6 aromatic rings. The standard InChI is InChI=1S/C33H24N2OS2/c36-33(29-21-23-31(37-29)34(25-13-5-1-6-14-25)26-15-7-2-8-16-26)30-22-24-32(38-30)35(27-17-9-3-10-18-27)28-19-11-4-12-20-28/h1-24H. The molecule has 2 aromatic heterocycles. The van der Waals surface area contributed by atoms with Gasteiger partial charge in [-0.1, -0.05) is 72.8 Å². The van der Waals surface area contributed by atoms with Gasteiger partial charge in [0.05, 0.1) is 9.75 Å². The van der Waals surface area contributed by atoms with Crippen molar-refractivity contribution >= 4 is 61.2 Å². The second-order valence-corrected chi connectivity index (χ2v) is 10.7. The predicted octanol–water partition coefficient (Wildman–Crippen LogP) is 9.98. The van der Waals surface area contributed by atoms with Crippen LogP contribution in [0, 0.1) is 0 Å². The highest BCUT2D eigenvalue weighted by atomic mass is 32.1. The topological polar surface area (TPSA) is 23.6 Å². The highest BCUT2D eigenvalue weighted by Gasteiger charge is 2.21. The van der Waals surface area contributed by atoms with E-state index < -0.39 is 0 Å². The SMILES string of the molecule is O=C(c1ccc(N(c2ccccc2)c2ccccc2)s1)c1ccc(N(c2ccccc2)c2ccccc2)s1. The molecule has 0 saturated carbocycles. The molecule has 0 radical (unpaired) electrons. The van der Waals surface area contributed by atoms with E-state index in [-0.39, 0.29) is 5.78 Å². The molecule has 5 heteroatoms. The van der Waals surface area contributed by atoms with Crippen LogP contribution in [-0.2, 0) is 0 Å². The molecule has 4 aromatic carbocycles. The minimum absolute atomic E-state index is 0.0413. The van der Waals surface area contributed by atoms with Crippen molar-refractivity contribution in [2.75, 3.05) is 9.80 Å². The van der Waals surface area contributed by atoms with E-state index in [9.17, 15) is 4.79 Å². The summed E-state index contributed by atoms with van der Waals surface area (Å²) in [7, 11) is 0. The van der Waals surface area contributed by atoms with Crippen molar-refractivity contribution in [3.8, 4) is 0 Å². The summed E-state index contributed by atoms with van der Waals surface area (Å²) in [6.07, 6.45) is 0. The van der Waals surface area contributed by atoms with Crippen molar-refractivity contribution in [1.82, 2.24) is 0 Å². The summed E-state index contributed by atoms with van der Waals surface area (Å²) < 4.78 is 0. The summed E-state index contributed by atoms with van der Waals surface area (Å²) >= 11 is 3.03. The second-order valence-electron chi connectivity index (χ2n) is 8.62. The molecule has 38 heavy (non-hydrogen) atoms. The van der Waals surface area contributed by atoms with Gasteiger partial charge in [-0.25, -0.2) is 0 Å². The number of para-hydroxylation sites is 4. The smallest absolute Gasteiger partial charge is 0.213 e. The van der Waals surface area contributed by atoms with Crippen LogP contribution in [0.2, 0.25) is 0 Å². The van der Waals surface area contributed by atoms with Gasteiger partial charge in [0.2, 0.25) is 5.78 Å². The normalized spacial score (nSPS) is 10.7. The lowest BCUT2D eigenvalue weighted by atomic mass is 10.2. The lowest BCUT2D eigenvalue weighted by Crippen LogP contribution is -2.08. The Labute approximate surface area is 230 Å². The van der Waals surface area contributed by atoms with Gasteiger partial charge in [-0.15, -0.1) is 22.7 Å². The van der Waals surface area contributed by atoms with Crippen molar-refractivity contribution < 1.29 is 4.79 Å². The van der Waals surface area contributed by atoms with Gasteiger partial charge in [-0.2, -0.15) is 0 Å². The molecule has 2 heterocycles. The first-order valence-corrected chi connectivity index (χ1v) is 14.0. The van der Waals surface area contributed by atoms with Gasteiger partial charge in [-0.3, -0.25) is 4.79 Å². The Kier molecular flexibility index (Phi) is 6.85. The zero-order valence-electron chi connectivity index (χ0n) is 20.5. The van der Waals surface area contributed by atoms with Crippen molar-refractivity contribution in [3.63, 3.8) is 0 Å². The van der Waals surface area contributed by atoms with Gasteiger partial charge in [0.25, 0.3) is 0 Å². The zero-order valence-corrected chi connectivity index (χ0v) is 22.1. The molecule has 0 aliphatic rings. The van der Waals surface area contributed by atoms with Crippen LogP contribution >= 0.6 is 22.7 Å². The van der Waals surface area contributed by atoms with Crippen molar-refractivity contribution in [3.05, 3.63) is 155 Å². The number of hydrogen-bond acceptors (Lipinski definition) is 5. The molecule has 3 nitrogen and oxygen atoms in total. The fraction of sp³-hybridized carbons (Fsp3) is 0. The highest BCUT2D eigenvalue weighted by Crippen LogP contribution is 2.42. The number of thiophene rings is 2.